The Morgan fingerprint density at radius 3 is 2.54 bits per heavy atom. The van der Waals surface area contributed by atoms with Crippen LogP contribution < -0.4 is 0 Å². The first kappa shape index (κ1) is 22.5. The maximum atomic E-state index is 12.4. The third kappa shape index (κ3) is 8.21. The number of ether oxygens (including phenoxy) is 1. The molecule has 1 aliphatic rings. The number of rotatable bonds is 11. The van der Waals surface area contributed by atoms with E-state index in [0.29, 0.717) is 18.1 Å². The summed E-state index contributed by atoms with van der Waals surface area (Å²) in [5, 5.41) is 0.181. The molecule has 6 nitrogen and oxygen atoms in total. The molecule has 1 rings (SSSR count). The van der Waals surface area contributed by atoms with E-state index in [1.807, 2.05) is 13.8 Å². The highest BCUT2D eigenvalue weighted by Gasteiger charge is 2.29. The van der Waals surface area contributed by atoms with Crippen LogP contribution >= 0.6 is 29.9 Å². The third-order valence-corrected chi connectivity index (χ3v) is 9.25. The minimum absolute atomic E-state index is 0.181. The fraction of sp³-hybridized carbons (Fsp3) is 0.933. The van der Waals surface area contributed by atoms with Crippen molar-refractivity contribution in [1.82, 2.24) is 4.90 Å². The lowest BCUT2D eigenvalue weighted by molar-refractivity contribution is -0.118. The quantitative estimate of drug-likeness (QED) is 0.386. The Bertz CT molecular complexity index is 430. The topological polar surface area (TPSA) is 65.1 Å². The van der Waals surface area contributed by atoms with Crippen LogP contribution in [0.15, 0.2) is 0 Å². The van der Waals surface area contributed by atoms with Crippen molar-refractivity contribution in [2.75, 3.05) is 58.1 Å². The summed E-state index contributed by atoms with van der Waals surface area (Å²) in [6, 6.07) is 0. The zero-order valence-electron chi connectivity index (χ0n) is 15.1. The van der Waals surface area contributed by atoms with Gasteiger partial charge in [-0.15, -0.1) is 0 Å². The molecule has 1 unspecified atom stereocenters. The lowest BCUT2D eigenvalue weighted by atomic mass is 9.91. The van der Waals surface area contributed by atoms with Crippen molar-refractivity contribution in [1.29, 1.82) is 0 Å². The SMILES string of the molecule is CCOP(=O)(OC)SCCSC(=O)C(C)(C)CCN1CCOCC1. The van der Waals surface area contributed by atoms with Gasteiger partial charge < -0.3 is 13.8 Å². The molecule has 0 aliphatic carbocycles. The second kappa shape index (κ2) is 11.2. The standard InChI is InChI=1S/C15H30NO5PS2/c1-5-21-22(18,19-4)24-13-12-23-14(17)15(2,3)6-7-16-8-10-20-11-9-16/h5-13H2,1-4H3. The molecule has 0 saturated carbocycles. The molecule has 1 fully saturated rings. The summed E-state index contributed by atoms with van der Waals surface area (Å²) in [5.74, 6) is 1.16. The number of nitrogens with zero attached hydrogens (tertiary/aromatic N) is 1. The van der Waals surface area contributed by atoms with Gasteiger partial charge in [-0.3, -0.25) is 9.69 Å². The van der Waals surface area contributed by atoms with Crippen LogP contribution in [-0.4, -0.2) is 68.1 Å². The summed E-state index contributed by atoms with van der Waals surface area (Å²) in [6.07, 6.45) is 0.835. The number of carbonyl (C=O) groups is 1. The second-order valence-electron chi connectivity index (χ2n) is 6.10. The molecule has 0 aromatic heterocycles. The van der Waals surface area contributed by atoms with Gasteiger partial charge in [0.05, 0.1) is 19.8 Å². The molecule has 0 aromatic carbocycles. The fourth-order valence-corrected chi connectivity index (χ4v) is 6.48. The molecule has 142 valence electrons. The van der Waals surface area contributed by atoms with E-state index in [-0.39, 0.29) is 10.5 Å². The van der Waals surface area contributed by atoms with Gasteiger partial charge in [-0.1, -0.05) is 25.6 Å². The summed E-state index contributed by atoms with van der Waals surface area (Å²) in [4.78, 5) is 14.8. The van der Waals surface area contributed by atoms with Crippen LogP contribution in [0.25, 0.3) is 0 Å². The average molecular weight is 400 g/mol. The third-order valence-electron chi connectivity index (χ3n) is 3.79. The Labute approximate surface area is 154 Å². The van der Waals surface area contributed by atoms with E-state index in [0.717, 1.165) is 50.7 Å². The zero-order valence-corrected chi connectivity index (χ0v) is 17.6. The van der Waals surface area contributed by atoms with E-state index in [1.165, 1.54) is 18.9 Å². The summed E-state index contributed by atoms with van der Waals surface area (Å²) in [6.45, 7) is 7.42. The first-order valence-corrected chi connectivity index (χ1v) is 12.4. The van der Waals surface area contributed by atoms with Crippen molar-refractivity contribution < 1.29 is 23.1 Å². The lowest BCUT2D eigenvalue weighted by Crippen LogP contribution is -2.39. The Morgan fingerprint density at radius 2 is 1.96 bits per heavy atom. The Balaban J connectivity index is 2.28. The molecule has 0 radical (unpaired) electrons. The van der Waals surface area contributed by atoms with Gasteiger partial charge in [-0.25, -0.2) is 4.57 Å². The fourth-order valence-electron chi connectivity index (χ4n) is 2.14. The van der Waals surface area contributed by atoms with Gasteiger partial charge in [0.25, 0.3) is 0 Å². The number of morpholine rings is 1. The molecule has 1 aliphatic heterocycles. The lowest BCUT2D eigenvalue weighted by Gasteiger charge is -2.30. The van der Waals surface area contributed by atoms with Gasteiger partial charge in [0.2, 0.25) is 0 Å². The molecular formula is C15H30NO5PS2. The van der Waals surface area contributed by atoms with Gasteiger partial charge in [-0.05, 0) is 31.3 Å². The van der Waals surface area contributed by atoms with E-state index >= 15 is 0 Å². The van der Waals surface area contributed by atoms with E-state index in [1.54, 1.807) is 6.92 Å². The van der Waals surface area contributed by atoms with Crippen LogP contribution in [0.1, 0.15) is 27.2 Å². The predicted molar refractivity (Wildman–Crippen MR) is 102 cm³/mol. The number of hydrogen-bond acceptors (Lipinski definition) is 8. The number of carbonyl (C=O) groups excluding carboxylic acids is 1. The van der Waals surface area contributed by atoms with Crippen LogP contribution in [0.2, 0.25) is 0 Å². The Morgan fingerprint density at radius 1 is 1.29 bits per heavy atom. The summed E-state index contributed by atoms with van der Waals surface area (Å²) in [5.41, 5.74) is -0.363. The second-order valence-corrected chi connectivity index (χ2v) is 11.5. The molecule has 0 amide bonds. The van der Waals surface area contributed by atoms with Crippen LogP contribution in [-0.2, 0) is 23.1 Å². The van der Waals surface area contributed by atoms with Crippen molar-refractivity contribution in [2.24, 2.45) is 5.41 Å². The van der Waals surface area contributed by atoms with Crippen molar-refractivity contribution in [3.63, 3.8) is 0 Å². The first-order chi connectivity index (χ1) is 11.3. The first-order valence-electron chi connectivity index (χ1n) is 8.25. The Kier molecular flexibility index (Phi) is 10.5. The van der Waals surface area contributed by atoms with Crippen LogP contribution in [0.4, 0.5) is 0 Å². The van der Waals surface area contributed by atoms with E-state index in [2.05, 4.69) is 4.90 Å². The molecule has 1 saturated heterocycles. The maximum Gasteiger partial charge on any atom is 0.388 e. The molecule has 1 atom stereocenters. The molecular weight excluding hydrogens is 369 g/mol. The van der Waals surface area contributed by atoms with Crippen LogP contribution in [0, 0.1) is 5.41 Å². The number of thioether (sulfide) groups is 1. The van der Waals surface area contributed by atoms with Crippen LogP contribution in [0.3, 0.4) is 0 Å². The largest absolute Gasteiger partial charge is 0.388 e. The van der Waals surface area contributed by atoms with Gasteiger partial charge in [0.15, 0.2) is 5.12 Å². The smallest absolute Gasteiger partial charge is 0.379 e. The molecule has 0 bridgehead atoms. The highest BCUT2D eigenvalue weighted by atomic mass is 32.7. The molecule has 9 heteroatoms. The van der Waals surface area contributed by atoms with Crippen LogP contribution in [0.5, 0.6) is 0 Å². The number of hydrogen-bond donors (Lipinski definition) is 0. The Hall–Kier alpha value is 0.440. The van der Waals surface area contributed by atoms with Gasteiger partial charge in [-0.2, -0.15) is 0 Å². The molecule has 1 heterocycles. The highest BCUT2D eigenvalue weighted by molar-refractivity contribution is 8.55. The van der Waals surface area contributed by atoms with Gasteiger partial charge >= 0.3 is 6.80 Å². The molecule has 0 spiro atoms. The van der Waals surface area contributed by atoms with Crippen molar-refractivity contribution in [3.05, 3.63) is 0 Å². The van der Waals surface area contributed by atoms with E-state index < -0.39 is 6.80 Å². The van der Waals surface area contributed by atoms with E-state index in [4.69, 9.17) is 13.8 Å². The predicted octanol–water partition coefficient (Wildman–Crippen LogP) is 3.52. The monoisotopic (exact) mass is 399 g/mol. The highest BCUT2D eigenvalue weighted by Crippen LogP contribution is 2.59. The minimum Gasteiger partial charge on any atom is -0.379 e. The molecule has 0 N–H and O–H groups in total. The van der Waals surface area contributed by atoms with Crippen molar-refractivity contribution in [2.45, 2.75) is 27.2 Å². The van der Waals surface area contributed by atoms with Crippen molar-refractivity contribution in [3.8, 4) is 0 Å². The minimum atomic E-state index is -3.06. The summed E-state index contributed by atoms with van der Waals surface area (Å²) in [7, 11) is 1.39. The van der Waals surface area contributed by atoms with Crippen molar-refractivity contribution >= 4 is 35.1 Å². The van der Waals surface area contributed by atoms with Gasteiger partial charge in [0.1, 0.15) is 0 Å². The average Bonchev–Trinajstić information content (AvgIpc) is 2.58. The normalized spacial score (nSPS) is 19.2. The maximum absolute atomic E-state index is 12.4. The summed E-state index contributed by atoms with van der Waals surface area (Å²) >= 11 is 2.46. The summed E-state index contributed by atoms with van der Waals surface area (Å²) < 4.78 is 27.5. The van der Waals surface area contributed by atoms with E-state index in [9.17, 15) is 9.36 Å². The van der Waals surface area contributed by atoms with Gasteiger partial charge in [0, 0.05) is 37.1 Å². The zero-order chi connectivity index (χ0) is 18.1. The molecule has 24 heavy (non-hydrogen) atoms. The molecule has 0 aromatic rings.